The highest BCUT2D eigenvalue weighted by atomic mass is 16.5. The lowest BCUT2D eigenvalue weighted by atomic mass is 9.69. The molecule has 2 saturated carbocycles. The zero-order chi connectivity index (χ0) is 20.8. The molecule has 0 amide bonds. The Kier molecular flexibility index (Phi) is 8.51. The molecule has 0 saturated heterocycles. The van der Waals surface area contributed by atoms with E-state index in [-0.39, 0.29) is 0 Å². The van der Waals surface area contributed by atoms with Crippen molar-refractivity contribution < 1.29 is 4.74 Å². The van der Waals surface area contributed by atoms with Gasteiger partial charge in [-0.1, -0.05) is 65.0 Å². The van der Waals surface area contributed by atoms with Crippen LogP contribution in [0.2, 0.25) is 0 Å². The normalized spacial score (nSPS) is 27.9. The number of rotatable bonds is 8. The molecule has 1 heteroatoms. The third kappa shape index (κ3) is 6.25. The van der Waals surface area contributed by atoms with Crippen LogP contribution in [0.15, 0.2) is 12.1 Å². The predicted molar refractivity (Wildman–Crippen MR) is 126 cm³/mol. The van der Waals surface area contributed by atoms with E-state index in [0.717, 1.165) is 36.0 Å². The number of hydrogen-bond donors (Lipinski definition) is 0. The summed E-state index contributed by atoms with van der Waals surface area (Å²) in [6.45, 7) is 12.2. The molecule has 0 radical (unpaired) electrons. The molecule has 1 aromatic rings. The van der Waals surface area contributed by atoms with Crippen molar-refractivity contribution in [3.63, 3.8) is 0 Å². The maximum atomic E-state index is 6.37. The first kappa shape index (κ1) is 22.7. The first-order valence-electron chi connectivity index (χ1n) is 12.7. The standard InChI is InChI=1S/C28H46O/c1-6-7-8-23-9-13-25(14-10-23)26-15-11-24(12-16-26)19-29-28-21(4)17-27(20(2)3)18-22(28)5/h17-18,20,23-26H,6-16,19H2,1-5H3. The minimum absolute atomic E-state index is 0.582. The molecule has 2 aliphatic carbocycles. The van der Waals surface area contributed by atoms with Gasteiger partial charge in [0.2, 0.25) is 0 Å². The van der Waals surface area contributed by atoms with E-state index < -0.39 is 0 Å². The van der Waals surface area contributed by atoms with Gasteiger partial charge in [-0.3, -0.25) is 0 Å². The van der Waals surface area contributed by atoms with E-state index in [0.29, 0.717) is 5.92 Å². The van der Waals surface area contributed by atoms with Crippen LogP contribution >= 0.6 is 0 Å². The van der Waals surface area contributed by atoms with Crippen LogP contribution in [0.3, 0.4) is 0 Å². The molecular weight excluding hydrogens is 352 g/mol. The van der Waals surface area contributed by atoms with Crippen LogP contribution in [0.25, 0.3) is 0 Å². The third-order valence-corrected chi connectivity index (χ3v) is 8.03. The van der Waals surface area contributed by atoms with E-state index in [1.807, 2.05) is 0 Å². The van der Waals surface area contributed by atoms with Crippen molar-refractivity contribution in [2.24, 2.45) is 23.7 Å². The van der Waals surface area contributed by atoms with Gasteiger partial charge in [-0.05, 0) is 98.7 Å². The van der Waals surface area contributed by atoms with Crippen LogP contribution in [0, 0.1) is 37.5 Å². The molecule has 0 N–H and O–H groups in total. The molecule has 1 nitrogen and oxygen atoms in total. The molecule has 2 fully saturated rings. The smallest absolute Gasteiger partial charge is 0.125 e. The van der Waals surface area contributed by atoms with Crippen molar-refractivity contribution in [2.75, 3.05) is 6.61 Å². The number of ether oxygens (including phenoxy) is 1. The summed E-state index contributed by atoms with van der Waals surface area (Å²) >= 11 is 0. The summed E-state index contributed by atoms with van der Waals surface area (Å²) in [5.74, 6) is 5.57. The van der Waals surface area contributed by atoms with Gasteiger partial charge >= 0.3 is 0 Å². The van der Waals surface area contributed by atoms with Crippen LogP contribution in [0.1, 0.15) is 114 Å². The van der Waals surface area contributed by atoms with E-state index in [2.05, 4.69) is 46.8 Å². The molecule has 0 spiro atoms. The molecule has 2 aliphatic rings. The monoisotopic (exact) mass is 398 g/mol. The summed E-state index contributed by atoms with van der Waals surface area (Å²) in [6, 6.07) is 4.64. The fourth-order valence-electron chi connectivity index (χ4n) is 6.01. The summed E-state index contributed by atoms with van der Waals surface area (Å²) in [6.07, 6.45) is 16.0. The first-order chi connectivity index (χ1) is 14.0. The Labute approximate surface area is 181 Å². The third-order valence-electron chi connectivity index (χ3n) is 8.03. The SMILES string of the molecule is CCCCC1CCC(C2CCC(COc3c(C)cc(C(C)C)cc3C)CC2)CC1. The molecule has 0 aliphatic heterocycles. The molecule has 3 rings (SSSR count). The van der Waals surface area contributed by atoms with Crippen molar-refractivity contribution in [1.82, 2.24) is 0 Å². The highest BCUT2D eigenvalue weighted by Crippen LogP contribution is 2.42. The molecule has 0 unspecified atom stereocenters. The number of unbranched alkanes of at least 4 members (excludes halogenated alkanes) is 1. The van der Waals surface area contributed by atoms with E-state index in [1.54, 1.807) is 0 Å². The van der Waals surface area contributed by atoms with Gasteiger partial charge in [0.05, 0.1) is 6.61 Å². The predicted octanol–water partition coefficient (Wildman–Crippen LogP) is 8.61. The molecule has 1 aromatic carbocycles. The summed E-state index contributed by atoms with van der Waals surface area (Å²) < 4.78 is 6.37. The molecular formula is C28H46O. The summed E-state index contributed by atoms with van der Waals surface area (Å²) in [7, 11) is 0. The molecule has 0 atom stereocenters. The fourth-order valence-corrected chi connectivity index (χ4v) is 6.01. The quantitative estimate of drug-likeness (QED) is 0.426. The van der Waals surface area contributed by atoms with Gasteiger partial charge in [0.25, 0.3) is 0 Å². The Balaban J connectivity index is 1.42. The van der Waals surface area contributed by atoms with E-state index in [4.69, 9.17) is 4.74 Å². The minimum Gasteiger partial charge on any atom is -0.493 e. The fraction of sp³-hybridized carbons (Fsp3) is 0.786. The second-order valence-electron chi connectivity index (χ2n) is 10.7. The number of hydrogen-bond acceptors (Lipinski definition) is 1. The molecule has 0 aromatic heterocycles. The number of aryl methyl sites for hydroxylation is 2. The second kappa shape index (κ2) is 10.9. The molecule has 164 valence electrons. The average Bonchev–Trinajstić information content (AvgIpc) is 2.72. The van der Waals surface area contributed by atoms with Gasteiger partial charge in [-0.25, -0.2) is 0 Å². The van der Waals surface area contributed by atoms with E-state index in [1.165, 1.54) is 87.3 Å². The van der Waals surface area contributed by atoms with E-state index >= 15 is 0 Å². The Morgan fingerprint density at radius 3 is 1.83 bits per heavy atom. The lowest BCUT2D eigenvalue weighted by Gasteiger charge is -2.38. The Morgan fingerprint density at radius 1 is 0.828 bits per heavy atom. The Hall–Kier alpha value is -0.980. The van der Waals surface area contributed by atoms with Gasteiger partial charge in [0, 0.05) is 0 Å². The Morgan fingerprint density at radius 2 is 1.34 bits per heavy atom. The van der Waals surface area contributed by atoms with Gasteiger partial charge in [-0.2, -0.15) is 0 Å². The maximum absolute atomic E-state index is 6.37. The maximum Gasteiger partial charge on any atom is 0.125 e. The highest BCUT2D eigenvalue weighted by Gasteiger charge is 2.31. The van der Waals surface area contributed by atoms with E-state index in [9.17, 15) is 0 Å². The summed E-state index contributed by atoms with van der Waals surface area (Å²) in [5, 5.41) is 0. The van der Waals surface area contributed by atoms with Crippen molar-refractivity contribution in [2.45, 2.75) is 111 Å². The van der Waals surface area contributed by atoms with Crippen molar-refractivity contribution in [1.29, 1.82) is 0 Å². The lowest BCUT2D eigenvalue weighted by molar-refractivity contribution is 0.121. The van der Waals surface area contributed by atoms with Crippen molar-refractivity contribution >= 4 is 0 Å². The average molecular weight is 399 g/mol. The molecule has 29 heavy (non-hydrogen) atoms. The van der Waals surface area contributed by atoms with Crippen LogP contribution in [0.5, 0.6) is 5.75 Å². The topological polar surface area (TPSA) is 9.23 Å². The molecule has 0 heterocycles. The second-order valence-corrected chi connectivity index (χ2v) is 10.7. The number of benzene rings is 1. The summed E-state index contributed by atoms with van der Waals surface area (Å²) in [4.78, 5) is 0. The summed E-state index contributed by atoms with van der Waals surface area (Å²) in [5.41, 5.74) is 4.04. The zero-order valence-corrected chi connectivity index (χ0v) is 19.9. The van der Waals surface area contributed by atoms with Gasteiger partial charge < -0.3 is 4.74 Å². The largest absolute Gasteiger partial charge is 0.493 e. The first-order valence-corrected chi connectivity index (χ1v) is 12.7. The van der Waals surface area contributed by atoms with Crippen molar-refractivity contribution in [3.8, 4) is 5.75 Å². The van der Waals surface area contributed by atoms with Crippen molar-refractivity contribution in [3.05, 3.63) is 28.8 Å². The molecule has 0 bridgehead atoms. The zero-order valence-electron chi connectivity index (χ0n) is 19.9. The lowest BCUT2D eigenvalue weighted by Crippen LogP contribution is -2.27. The van der Waals surface area contributed by atoms with Gasteiger partial charge in [0.15, 0.2) is 0 Å². The minimum atomic E-state index is 0.582. The Bertz CT molecular complexity index is 592. The highest BCUT2D eigenvalue weighted by molar-refractivity contribution is 5.44. The van der Waals surface area contributed by atoms with Crippen LogP contribution in [0.4, 0.5) is 0 Å². The van der Waals surface area contributed by atoms with Crippen LogP contribution < -0.4 is 4.74 Å². The van der Waals surface area contributed by atoms with Crippen LogP contribution in [-0.4, -0.2) is 6.61 Å². The van der Waals surface area contributed by atoms with Crippen LogP contribution in [-0.2, 0) is 0 Å². The van der Waals surface area contributed by atoms with Gasteiger partial charge in [-0.15, -0.1) is 0 Å². The van der Waals surface area contributed by atoms with Gasteiger partial charge in [0.1, 0.15) is 5.75 Å².